The highest BCUT2D eigenvalue weighted by molar-refractivity contribution is 7.86. The van der Waals surface area contributed by atoms with Crippen molar-refractivity contribution in [1.29, 1.82) is 0 Å². The molecule has 1 N–H and O–H groups in total. The van der Waals surface area contributed by atoms with E-state index in [0.717, 1.165) is 5.69 Å². The van der Waals surface area contributed by atoms with Crippen LogP contribution in [0.3, 0.4) is 0 Å². The highest BCUT2D eigenvalue weighted by atomic mass is 32.2. The molecule has 17 heavy (non-hydrogen) atoms. The smallest absolute Gasteiger partial charge is 0.228 e. The van der Waals surface area contributed by atoms with E-state index in [0.29, 0.717) is 12.4 Å². The molecule has 1 amide bonds. The van der Waals surface area contributed by atoms with Gasteiger partial charge in [-0.15, -0.1) is 0 Å². The maximum absolute atomic E-state index is 11.8. The van der Waals surface area contributed by atoms with Gasteiger partial charge in [0.05, 0.1) is 23.8 Å². The van der Waals surface area contributed by atoms with Gasteiger partial charge in [-0.3, -0.25) is 9.00 Å². The Morgan fingerprint density at radius 3 is 2.76 bits per heavy atom. The molecule has 0 aromatic heterocycles. The van der Waals surface area contributed by atoms with E-state index in [1.54, 1.807) is 6.92 Å². The van der Waals surface area contributed by atoms with Crippen LogP contribution in [0.15, 0.2) is 30.3 Å². The van der Waals surface area contributed by atoms with Crippen molar-refractivity contribution < 1.29 is 13.7 Å². The molecule has 0 bridgehead atoms. The number of ether oxygens (including phenoxy) is 1. The predicted octanol–water partition coefficient (Wildman–Crippen LogP) is 1.51. The topological polar surface area (TPSA) is 55.4 Å². The minimum atomic E-state index is -1.09. The van der Waals surface area contributed by atoms with Crippen LogP contribution in [0, 0.1) is 0 Å². The lowest BCUT2D eigenvalue weighted by Gasteiger charge is -2.20. The molecule has 5 heteroatoms. The second kappa shape index (κ2) is 4.98. The third kappa shape index (κ3) is 2.92. The lowest BCUT2D eigenvalue weighted by atomic mass is 10.2. The van der Waals surface area contributed by atoms with Crippen LogP contribution in [0.1, 0.15) is 13.3 Å². The standard InChI is InChI=1S/C12H15NO3S/c1-12(16-7-8-17(12)15)9-11(14)13-10-5-3-2-4-6-10/h2-6H,7-9H2,1H3,(H,13,14)/t12-,17?/m1/s1. The van der Waals surface area contributed by atoms with Gasteiger partial charge in [-0.05, 0) is 19.1 Å². The van der Waals surface area contributed by atoms with E-state index in [2.05, 4.69) is 5.32 Å². The van der Waals surface area contributed by atoms with Crippen LogP contribution in [0.5, 0.6) is 0 Å². The summed E-state index contributed by atoms with van der Waals surface area (Å²) in [6.07, 6.45) is 0.120. The number of hydrogen-bond acceptors (Lipinski definition) is 3. The van der Waals surface area contributed by atoms with Crippen molar-refractivity contribution in [3.05, 3.63) is 30.3 Å². The minimum absolute atomic E-state index is 0.120. The average molecular weight is 253 g/mol. The largest absolute Gasteiger partial charge is 0.361 e. The van der Waals surface area contributed by atoms with Crippen molar-refractivity contribution in [3.8, 4) is 0 Å². The summed E-state index contributed by atoms with van der Waals surface area (Å²) in [6, 6.07) is 9.20. The Bertz CT molecular complexity index is 435. The number of anilines is 1. The van der Waals surface area contributed by atoms with Crippen molar-refractivity contribution in [3.63, 3.8) is 0 Å². The van der Waals surface area contributed by atoms with E-state index in [-0.39, 0.29) is 12.3 Å². The van der Waals surface area contributed by atoms with Crippen molar-refractivity contribution in [1.82, 2.24) is 0 Å². The summed E-state index contributed by atoms with van der Waals surface area (Å²) >= 11 is 0. The highest BCUT2D eigenvalue weighted by Gasteiger charge is 2.39. The second-order valence-electron chi connectivity index (χ2n) is 4.12. The van der Waals surface area contributed by atoms with E-state index >= 15 is 0 Å². The van der Waals surface area contributed by atoms with Gasteiger partial charge in [0.2, 0.25) is 5.91 Å². The van der Waals surface area contributed by atoms with Crippen molar-refractivity contribution in [2.24, 2.45) is 0 Å². The molecule has 1 aromatic rings. The molecule has 1 aliphatic heterocycles. The van der Waals surface area contributed by atoms with E-state index in [4.69, 9.17) is 4.74 Å². The van der Waals surface area contributed by atoms with Crippen LogP contribution in [0.4, 0.5) is 5.69 Å². The molecule has 1 fully saturated rings. The van der Waals surface area contributed by atoms with Gasteiger partial charge in [0.1, 0.15) is 4.93 Å². The van der Waals surface area contributed by atoms with Crippen LogP contribution in [0.25, 0.3) is 0 Å². The van der Waals surface area contributed by atoms with Crippen molar-refractivity contribution in [2.75, 3.05) is 17.7 Å². The van der Waals surface area contributed by atoms with E-state index in [1.165, 1.54) is 0 Å². The highest BCUT2D eigenvalue weighted by Crippen LogP contribution is 2.26. The molecule has 92 valence electrons. The number of amides is 1. The molecule has 0 saturated carbocycles. The molecule has 0 aliphatic carbocycles. The first-order valence-corrected chi connectivity index (χ1v) is 6.79. The monoisotopic (exact) mass is 253 g/mol. The van der Waals surface area contributed by atoms with Gasteiger partial charge >= 0.3 is 0 Å². The van der Waals surface area contributed by atoms with Crippen LogP contribution >= 0.6 is 0 Å². The van der Waals surface area contributed by atoms with Gasteiger partial charge in [-0.1, -0.05) is 18.2 Å². The number of rotatable bonds is 3. The number of hydrogen-bond donors (Lipinski definition) is 1. The molecule has 2 rings (SSSR count). The Hall–Kier alpha value is -1.20. The molecule has 4 nitrogen and oxygen atoms in total. The normalized spacial score (nSPS) is 27.9. The second-order valence-corrected chi connectivity index (χ2v) is 6.09. The number of benzene rings is 1. The lowest BCUT2D eigenvalue weighted by Crippen LogP contribution is -2.33. The maximum atomic E-state index is 11.8. The number of carbonyl (C=O) groups excluding carboxylic acids is 1. The molecular weight excluding hydrogens is 238 g/mol. The van der Waals surface area contributed by atoms with Gasteiger partial charge in [-0.2, -0.15) is 0 Å². The Balaban J connectivity index is 1.96. The fourth-order valence-corrected chi connectivity index (χ4v) is 2.94. The Kier molecular flexibility index (Phi) is 3.59. The lowest BCUT2D eigenvalue weighted by molar-refractivity contribution is -0.119. The third-order valence-corrected chi connectivity index (χ3v) is 4.46. The fraction of sp³-hybridized carbons (Fsp3) is 0.417. The van der Waals surface area contributed by atoms with Crippen molar-refractivity contribution in [2.45, 2.75) is 18.3 Å². The molecule has 1 heterocycles. The third-order valence-electron chi connectivity index (χ3n) is 2.70. The number of carbonyl (C=O) groups is 1. The zero-order chi connectivity index (χ0) is 12.3. The van der Waals surface area contributed by atoms with Gasteiger partial charge in [0.25, 0.3) is 0 Å². The van der Waals surface area contributed by atoms with Crippen LogP contribution in [-0.4, -0.2) is 27.4 Å². The number of nitrogens with one attached hydrogen (secondary N) is 1. The Labute approximate surface area is 103 Å². The first-order chi connectivity index (χ1) is 8.10. The molecule has 1 saturated heterocycles. The summed E-state index contributed by atoms with van der Waals surface area (Å²) in [6.45, 7) is 2.18. The van der Waals surface area contributed by atoms with E-state index in [1.807, 2.05) is 30.3 Å². The fourth-order valence-electron chi connectivity index (χ4n) is 1.76. The predicted molar refractivity (Wildman–Crippen MR) is 67.1 cm³/mol. The molecule has 1 aliphatic rings. The van der Waals surface area contributed by atoms with Gasteiger partial charge in [-0.25, -0.2) is 0 Å². The zero-order valence-electron chi connectivity index (χ0n) is 9.64. The van der Waals surface area contributed by atoms with E-state index < -0.39 is 15.7 Å². The average Bonchev–Trinajstić information content (AvgIpc) is 2.60. The van der Waals surface area contributed by atoms with Gasteiger partial charge in [0.15, 0.2) is 0 Å². The molecular formula is C12H15NO3S. The minimum Gasteiger partial charge on any atom is -0.361 e. The first-order valence-electron chi connectivity index (χ1n) is 5.47. The van der Waals surface area contributed by atoms with E-state index in [9.17, 15) is 9.00 Å². The molecule has 0 radical (unpaired) electrons. The molecule has 2 atom stereocenters. The molecule has 1 unspecified atom stereocenters. The Morgan fingerprint density at radius 1 is 1.47 bits per heavy atom. The zero-order valence-corrected chi connectivity index (χ0v) is 10.5. The van der Waals surface area contributed by atoms with Crippen LogP contribution < -0.4 is 5.32 Å². The Morgan fingerprint density at radius 2 is 2.18 bits per heavy atom. The summed E-state index contributed by atoms with van der Waals surface area (Å²) in [5.74, 6) is 0.337. The summed E-state index contributed by atoms with van der Waals surface area (Å²) in [7, 11) is -1.09. The van der Waals surface area contributed by atoms with Gasteiger partial charge < -0.3 is 10.1 Å². The maximum Gasteiger partial charge on any atom is 0.228 e. The van der Waals surface area contributed by atoms with Crippen LogP contribution in [-0.2, 0) is 20.3 Å². The summed E-state index contributed by atoms with van der Waals surface area (Å²) in [5, 5.41) is 2.76. The summed E-state index contributed by atoms with van der Waals surface area (Å²) in [4.78, 5) is 11.0. The summed E-state index contributed by atoms with van der Waals surface area (Å²) in [5.41, 5.74) is 0.741. The molecule has 1 aromatic carbocycles. The van der Waals surface area contributed by atoms with Crippen LogP contribution in [0.2, 0.25) is 0 Å². The quantitative estimate of drug-likeness (QED) is 0.888. The summed E-state index contributed by atoms with van der Waals surface area (Å²) < 4.78 is 17.1. The van der Waals surface area contributed by atoms with Gasteiger partial charge in [0, 0.05) is 11.4 Å². The number of para-hydroxylation sites is 1. The first kappa shape index (κ1) is 12.3. The van der Waals surface area contributed by atoms with Crippen molar-refractivity contribution >= 4 is 22.4 Å². The SMILES string of the molecule is C[C@@]1(CC(=O)Nc2ccccc2)OCCS1=O. The molecule has 0 spiro atoms.